The summed E-state index contributed by atoms with van der Waals surface area (Å²) in [6, 6.07) is 0. The molecule has 0 heterocycles. The molecule has 0 radical (unpaired) electrons. The van der Waals surface area contributed by atoms with Crippen molar-refractivity contribution >= 4 is 0 Å². The van der Waals surface area contributed by atoms with Gasteiger partial charge in [-0.25, -0.2) is 0 Å². The average molecular weight is 254 g/mol. The summed E-state index contributed by atoms with van der Waals surface area (Å²) in [6.45, 7) is 9.50. The first-order chi connectivity index (χ1) is 8.10. The predicted octanol–water partition coefficient (Wildman–Crippen LogP) is 2.01. The lowest BCUT2D eigenvalue weighted by molar-refractivity contribution is -0.181. The van der Waals surface area contributed by atoms with Gasteiger partial charge in [0.1, 0.15) is 0 Å². The Balaban J connectivity index is 2.36. The molecule has 0 bridgehead atoms. The normalized spacial score (nSPS) is 45.8. The van der Waals surface area contributed by atoms with Gasteiger partial charge in [0.15, 0.2) is 0 Å². The molecule has 0 aliphatic heterocycles. The minimum absolute atomic E-state index is 0.301. The summed E-state index contributed by atoms with van der Waals surface area (Å²) >= 11 is 0. The number of aliphatic hydroxyl groups excluding tert-OH is 1. The van der Waals surface area contributed by atoms with Gasteiger partial charge >= 0.3 is 0 Å². The Kier molecular flexibility index (Phi) is 3.16. The first-order valence-corrected chi connectivity index (χ1v) is 6.91. The fourth-order valence-corrected chi connectivity index (χ4v) is 3.97. The smallest absolute Gasteiger partial charge is 0.0913 e. The third-order valence-electron chi connectivity index (χ3n) is 5.34. The van der Waals surface area contributed by atoms with Crippen molar-refractivity contribution in [1.82, 2.24) is 0 Å². The zero-order chi connectivity index (χ0) is 13.8. The van der Waals surface area contributed by atoms with E-state index < -0.39 is 17.3 Å². The maximum atomic E-state index is 11.0. The molecule has 0 aromatic rings. The highest BCUT2D eigenvalue weighted by molar-refractivity contribution is 5.25. The molecule has 2 aliphatic rings. The lowest BCUT2D eigenvalue weighted by Crippen LogP contribution is -2.61. The van der Waals surface area contributed by atoms with E-state index in [1.807, 2.05) is 6.92 Å². The summed E-state index contributed by atoms with van der Waals surface area (Å²) in [5.41, 5.74) is -1.34. The molecule has 3 heteroatoms. The molecule has 2 rings (SSSR count). The highest BCUT2D eigenvalue weighted by Crippen LogP contribution is 2.57. The Bertz CT molecular complexity index is 357. The van der Waals surface area contributed by atoms with Crippen LogP contribution in [0.4, 0.5) is 0 Å². The average Bonchev–Trinajstić information content (AvgIpc) is 2.20. The molecular weight excluding hydrogens is 228 g/mol. The van der Waals surface area contributed by atoms with Crippen molar-refractivity contribution in [2.24, 2.45) is 11.3 Å². The molecule has 2 saturated carbocycles. The fraction of sp³-hybridized carbons (Fsp3) is 0.867. The summed E-state index contributed by atoms with van der Waals surface area (Å²) in [4.78, 5) is 0. The second kappa shape index (κ2) is 4.06. The van der Waals surface area contributed by atoms with Crippen molar-refractivity contribution in [2.45, 2.75) is 70.2 Å². The number of fused-ring (bicyclic) bond motifs is 1. The molecule has 2 fully saturated rings. The second-order valence-corrected chi connectivity index (χ2v) is 7.11. The summed E-state index contributed by atoms with van der Waals surface area (Å²) in [6.07, 6.45) is 3.18. The van der Waals surface area contributed by atoms with E-state index in [1.54, 1.807) is 13.8 Å². The van der Waals surface area contributed by atoms with E-state index in [2.05, 4.69) is 6.58 Å². The van der Waals surface area contributed by atoms with E-state index in [-0.39, 0.29) is 11.3 Å². The van der Waals surface area contributed by atoms with E-state index in [0.29, 0.717) is 12.8 Å². The minimum Gasteiger partial charge on any atom is -0.393 e. The molecule has 104 valence electrons. The minimum atomic E-state index is -0.978. The molecule has 0 amide bonds. The molecule has 1 unspecified atom stereocenters. The molecule has 0 spiro atoms. The quantitative estimate of drug-likeness (QED) is 0.627. The van der Waals surface area contributed by atoms with Gasteiger partial charge in [-0.3, -0.25) is 0 Å². The van der Waals surface area contributed by atoms with Gasteiger partial charge < -0.3 is 15.3 Å². The van der Waals surface area contributed by atoms with Gasteiger partial charge in [0.25, 0.3) is 0 Å². The van der Waals surface area contributed by atoms with E-state index in [0.717, 1.165) is 24.8 Å². The van der Waals surface area contributed by atoms with Gasteiger partial charge in [-0.2, -0.15) is 0 Å². The standard InChI is InChI=1S/C15H26O3/c1-10-6-5-7-14(4)9-12(16)11(13(2,3)17)8-15(10,14)18/h11-12,16-18H,1,5-9H2,2-4H3/t11-,12?,14+,15+/m1/s1. The number of hydrogen-bond donors (Lipinski definition) is 3. The molecule has 3 nitrogen and oxygen atoms in total. The molecule has 0 aromatic heterocycles. The Morgan fingerprint density at radius 1 is 1.33 bits per heavy atom. The van der Waals surface area contributed by atoms with Gasteiger partial charge in [0.05, 0.1) is 17.3 Å². The van der Waals surface area contributed by atoms with Gasteiger partial charge in [-0.1, -0.05) is 13.5 Å². The Morgan fingerprint density at radius 2 is 1.94 bits per heavy atom. The largest absolute Gasteiger partial charge is 0.393 e. The topological polar surface area (TPSA) is 60.7 Å². The molecular formula is C15H26O3. The molecule has 18 heavy (non-hydrogen) atoms. The molecule has 2 aliphatic carbocycles. The third-order valence-corrected chi connectivity index (χ3v) is 5.34. The molecule has 0 aromatic carbocycles. The van der Waals surface area contributed by atoms with Crippen LogP contribution in [0.15, 0.2) is 12.2 Å². The lowest BCUT2D eigenvalue weighted by Gasteiger charge is -2.57. The van der Waals surface area contributed by atoms with Crippen LogP contribution in [0.3, 0.4) is 0 Å². The number of hydrogen-bond acceptors (Lipinski definition) is 3. The van der Waals surface area contributed by atoms with Crippen LogP contribution in [0.5, 0.6) is 0 Å². The summed E-state index contributed by atoms with van der Waals surface area (Å²) in [7, 11) is 0. The zero-order valence-electron chi connectivity index (χ0n) is 11.7. The van der Waals surface area contributed by atoms with E-state index in [9.17, 15) is 15.3 Å². The van der Waals surface area contributed by atoms with Crippen molar-refractivity contribution < 1.29 is 15.3 Å². The van der Waals surface area contributed by atoms with Crippen LogP contribution in [0.1, 0.15) is 52.9 Å². The SMILES string of the molecule is C=C1CCC[C@@]2(C)CC(O)[C@H](C(C)(C)O)C[C@]12O. The van der Waals surface area contributed by atoms with Crippen LogP contribution < -0.4 is 0 Å². The van der Waals surface area contributed by atoms with Gasteiger partial charge in [0, 0.05) is 11.3 Å². The fourth-order valence-electron chi connectivity index (χ4n) is 3.97. The lowest BCUT2D eigenvalue weighted by atomic mass is 9.51. The molecule has 4 atom stereocenters. The Hall–Kier alpha value is -0.380. The van der Waals surface area contributed by atoms with Crippen LogP contribution in [0.25, 0.3) is 0 Å². The van der Waals surface area contributed by atoms with Crippen molar-refractivity contribution in [3.63, 3.8) is 0 Å². The zero-order valence-corrected chi connectivity index (χ0v) is 11.7. The first kappa shape index (κ1) is 14.0. The number of aliphatic hydroxyl groups is 3. The highest BCUT2D eigenvalue weighted by Gasteiger charge is 2.58. The molecule has 0 saturated heterocycles. The summed E-state index contributed by atoms with van der Waals surface area (Å²) in [5.74, 6) is -0.301. The van der Waals surface area contributed by atoms with Gasteiger partial charge in [0.2, 0.25) is 0 Å². The maximum Gasteiger partial charge on any atom is 0.0913 e. The van der Waals surface area contributed by atoms with Crippen LogP contribution in [0, 0.1) is 11.3 Å². The first-order valence-electron chi connectivity index (χ1n) is 6.91. The van der Waals surface area contributed by atoms with Crippen molar-refractivity contribution in [1.29, 1.82) is 0 Å². The van der Waals surface area contributed by atoms with Crippen LogP contribution >= 0.6 is 0 Å². The van der Waals surface area contributed by atoms with Crippen LogP contribution in [0.2, 0.25) is 0 Å². The van der Waals surface area contributed by atoms with Crippen LogP contribution in [-0.4, -0.2) is 32.6 Å². The Morgan fingerprint density at radius 3 is 2.50 bits per heavy atom. The van der Waals surface area contributed by atoms with E-state index >= 15 is 0 Å². The maximum absolute atomic E-state index is 11.0. The predicted molar refractivity (Wildman–Crippen MR) is 71.1 cm³/mol. The van der Waals surface area contributed by atoms with E-state index in [1.165, 1.54) is 0 Å². The Labute approximate surface area is 110 Å². The number of rotatable bonds is 1. The van der Waals surface area contributed by atoms with Crippen molar-refractivity contribution in [3.05, 3.63) is 12.2 Å². The van der Waals surface area contributed by atoms with Crippen LogP contribution in [-0.2, 0) is 0 Å². The monoisotopic (exact) mass is 254 g/mol. The molecule has 3 N–H and O–H groups in total. The second-order valence-electron chi connectivity index (χ2n) is 7.11. The van der Waals surface area contributed by atoms with Crippen molar-refractivity contribution in [2.75, 3.05) is 0 Å². The summed E-state index contributed by atoms with van der Waals surface area (Å²) < 4.78 is 0. The van der Waals surface area contributed by atoms with Gasteiger partial charge in [-0.15, -0.1) is 0 Å². The summed E-state index contributed by atoms with van der Waals surface area (Å²) in [5, 5.41) is 31.5. The highest BCUT2D eigenvalue weighted by atomic mass is 16.3. The van der Waals surface area contributed by atoms with Crippen molar-refractivity contribution in [3.8, 4) is 0 Å². The van der Waals surface area contributed by atoms with E-state index in [4.69, 9.17) is 0 Å². The third kappa shape index (κ3) is 1.93. The van der Waals surface area contributed by atoms with Gasteiger partial charge in [-0.05, 0) is 51.5 Å².